The smallest absolute Gasteiger partial charge is 0.221 e. The molecular formula is C17H27Cl2N3O. The third kappa shape index (κ3) is 5.96. The molecule has 1 aromatic carbocycles. The molecule has 0 radical (unpaired) electrons. The molecule has 1 aliphatic heterocycles. The van der Waals surface area contributed by atoms with Crippen molar-refractivity contribution in [2.75, 3.05) is 31.5 Å². The maximum Gasteiger partial charge on any atom is 0.221 e. The number of hydrogen-bond donors (Lipinski definition) is 2. The summed E-state index contributed by atoms with van der Waals surface area (Å²) >= 11 is 0. The van der Waals surface area contributed by atoms with Gasteiger partial charge in [-0.3, -0.25) is 9.69 Å². The predicted octanol–water partition coefficient (Wildman–Crippen LogP) is 3.24. The van der Waals surface area contributed by atoms with Crippen molar-refractivity contribution in [1.82, 2.24) is 10.2 Å². The number of benzene rings is 1. The number of carbonyl (C=O) groups excluding carboxylic acids is 1. The van der Waals surface area contributed by atoms with Gasteiger partial charge in [-0.05, 0) is 30.0 Å². The van der Waals surface area contributed by atoms with E-state index in [4.69, 9.17) is 0 Å². The Hall–Kier alpha value is -0.810. The minimum Gasteiger partial charge on any atom is -0.326 e. The van der Waals surface area contributed by atoms with Gasteiger partial charge >= 0.3 is 0 Å². The van der Waals surface area contributed by atoms with Crippen molar-refractivity contribution in [3.8, 4) is 0 Å². The maximum atomic E-state index is 11.1. The molecule has 3 rings (SSSR count). The van der Waals surface area contributed by atoms with Crippen molar-refractivity contribution in [2.24, 2.45) is 5.92 Å². The molecule has 1 atom stereocenters. The zero-order valence-electron chi connectivity index (χ0n) is 13.6. The lowest BCUT2D eigenvalue weighted by molar-refractivity contribution is -0.114. The van der Waals surface area contributed by atoms with Crippen molar-refractivity contribution in [3.05, 3.63) is 29.8 Å². The third-order valence-electron chi connectivity index (χ3n) is 4.46. The molecule has 0 unspecified atom stereocenters. The van der Waals surface area contributed by atoms with Crippen LogP contribution in [0.5, 0.6) is 0 Å². The van der Waals surface area contributed by atoms with Gasteiger partial charge in [-0.2, -0.15) is 0 Å². The highest BCUT2D eigenvalue weighted by Gasteiger charge is 2.30. The lowest BCUT2D eigenvalue weighted by atomic mass is 9.98. The molecule has 2 fully saturated rings. The second-order valence-corrected chi connectivity index (χ2v) is 6.28. The van der Waals surface area contributed by atoms with Crippen molar-refractivity contribution >= 4 is 36.4 Å². The number of hydrogen-bond acceptors (Lipinski definition) is 3. The summed E-state index contributed by atoms with van der Waals surface area (Å²) in [5.41, 5.74) is 2.27. The van der Waals surface area contributed by atoms with Gasteiger partial charge in [0.2, 0.25) is 5.91 Å². The van der Waals surface area contributed by atoms with Gasteiger partial charge in [0, 0.05) is 44.8 Å². The van der Waals surface area contributed by atoms with Crippen LogP contribution in [0.4, 0.5) is 5.69 Å². The molecule has 130 valence electrons. The SMILES string of the molecule is CC(=O)Nc1ccc([C@H](CC2CC2)N2CCNCC2)cc1.Cl.Cl. The molecule has 1 amide bonds. The third-order valence-corrected chi connectivity index (χ3v) is 4.46. The summed E-state index contributed by atoms with van der Waals surface area (Å²) < 4.78 is 0. The summed E-state index contributed by atoms with van der Waals surface area (Å²) in [5.74, 6) is 0.902. The lowest BCUT2D eigenvalue weighted by Gasteiger charge is -2.35. The fraction of sp³-hybridized carbons (Fsp3) is 0.588. The van der Waals surface area contributed by atoms with Crippen LogP contribution in [-0.4, -0.2) is 37.0 Å². The Morgan fingerprint density at radius 1 is 1.22 bits per heavy atom. The van der Waals surface area contributed by atoms with Crippen LogP contribution in [0.25, 0.3) is 0 Å². The largest absolute Gasteiger partial charge is 0.326 e. The molecule has 1 heterocycles. The van der Waals surface area contributed by atoms with E-state index in [-0.39, 0.29) is 30.7 Å². The number of nitrogens with one attached hydrogen (secondary N) is 2. The molecular weight excluding hydrogens is 333 g/mol. The molecule has 0 aromatic heterocycles. The van der Waals surface area contributed by atoms with E-state index in [0.717, 1.165) is 37.8 Å². The van der Waals surface area contributed by atoms with Gasteiger partial charge < -0.3 is 10.6 Å². The Morgan fingerprint density at radius 3 is 2.35 bits per heavy atom. The fourth-order valence-electron chi connectivity index (χ4n) is 3.15. The number of anilines is 1. The number of piperazine rings is 1. The molecule has 2 aliphatic rings. The topological polar surface area (TPSA) is 44.4 Å². The highest BCUT2D eigenvalue weighted by molar-refractivity contribution is 5.88. The average molecular weight is 360 g/mol. The van der Waals surface area contributed by atoms with Crippen LogP contribution in [0.2, 0.25) is 0 Å². The Kier molecular flexibility index (Phi) is 8.34. The van der Waals surface area contributed by atoms with Crippen LogP contribution < -0.4 is 10.6 Å². The molecule has 0 spiro atoms. The normalized spacial score (nSPS) is 19.2. The molecule has 2 N–H and O–H groups in total. The molecule has 23 heavy (non-hydrogen) atoms. The summed E-state index contributed by atoms with van der Waals surface area (Å²) in [6, 6.07) is 8.95. The second kappa shape index (κ2) is 9.48. The standard InChI is InChI=1S/C17H25N3O.2ClH/c1-13(21)19-16-6-4-15(5-7-16)17(12-14-2-3-14)20-10-8-18-9-11-20;;/h4-7,14,17-18H,2-3,8-12H2,1H3,(H,19,21);2*1H/t17-;;/m0../s1. The molecule has 1 saturated heterocycles. The number of halogens is 2. The van der Waals surface area contributed by atoms with E-state index in [1.807, 2.05) is 12.1 Å². The highest BCUT2D eigenvalue weighted by atomic mass is 35.5. The zero-order valence-corrected chi connectivity index (χ0v) is 15.2. The van der Waals surface area contributed by atoms with Crippen molar-refractivity contribution in [2.45, 2.75) is 32.2 Å². The van der Waals surface area contributed by atoms with Gasteiger partial charge in [-0.25, -0.2) is 0 Å². The quantitative estimate of drug-likeness (QED) is 0.847. The van der Waals surface area contributed by atoms with Crippen LogP contribution in [0.3, 0.4) is 0 Å². The Balaban J connectivity index is 0.00000132. The summed E-state index contributed by atoms with van der Waals surface area (Å²) in [4.78, 5) is 13.7. The second-order valence-electron chi connectivity index (χ2n) is 6.28. The number of amides is 1. The van der Waals surface area contributed by atoms with Crippen LogP contribution in [0, 0.1) is 5.92 Å². The first-order valence-corrected chi connectivity index (χ1v) is 8.04. The minimum absolute atomic E-state index is 0. The number of carbonyl (C=O) groups is 1. The van der Waals surface area contributed by atoms with Crippen LogP contribution in [0.1, 0.15) is 37.8 Å². The van der Waals surface area contributed by atoms with E-state index in [1.165, 1.54) is 24.8 Å². The first-order chi connectivity index (χ1) is 10.2. The van der Waals surface area contributed by atoms with Crippen LogP contribution >= 0.6 is 24.8 Å². The van der Waals surface area contributed by atoms with Crippen molar-refractivity contribution in [1.29, 1.82) is 0 Å². The first-order valence-electron chi connectivity index (χ1n) is 8.04. The number of rotatable bonds is 5. The van der Waals surface area contributed by atoms with Gasteiger partial charge in [-0.15, -0.1) is 24.8 Å². The average Bonchev–Trinajstić information content (AvgIpc) is 3.30. The summed E-state index contributed by atoms with van der Waals surface area (Å²) in [5, 5.41) is 6.27. The minimum atomic E-state index is -0.0145. The van der Waals surface area contributed by atoms with Gasteiger partial charge in [0.25, 0.3) is 0 Å². The molecule has 1 saturated carbocycles. The fourth-order valence-corrected chi connectivity index (χ4v) is 3.15. The van der Waals surface area contributed by atoms with E-state index in [1.54, 1.807) is 6.92 Å². The van der Waals surface area contributed by atoms with Gasteiger partial charge in [0.15, 0.2) is 0 Å². The molecule has 1 aromatic rings. The Morgan fingerprint density at radius 2 is 1.83 bits per heavy atom. The van der Waals surface area contributed by atoms with Gasteiger partial charge in [-0.1, -0.05) is 25.0 Å². The predicted molar refractivity (Wildman–Crippen MR) is 99.8 cm³/mol. The first kappa shape index (κ1) is 20.2. The lowest BCUT2D eigenvalue weighted by Crippen LogP contribution is -2.45. The zero-order chi connectivity index (χ0) is 14.7. The molecule has 0 bridgehead atoms. The highest BCUT2D eigenvalue weighted by Crippen LogP contribution is 2.40. The van der Waals surface area contributed by atoms with E-state index in [0.29, 0.717) is 6.04 Å². The van der Waals surface area contributed by atoms with E-state index >= 15 is 0 Å². The summed E-state index contributed by atoms with van der Waals surface area (Å²) in [6.45, 7) is 5.98. The summed E-state index contributed by atoms with van der Waals surface area (Å²) in [6.07, 6.45) is 4.07. The summed E-state index contributed by atoms with van der Waals surface area (Å²) in [7, 11) is 0. The van der Waals surface area contributed by atoms with Crippen LogP contribution in [0.15, 0.2) is 24.3 Å². The monoisotopic (exact) mass is 359 g/mol. The van der Waals surface area contributed by atoms with Gasteiger partial charge in [0.1, 0.15) is 0 Å². The Labute approximate surface area is 151 Å². The maximum absolute atomic E-state index is 11.1. The number of nitrogens with zero attached hydrogens (tertiary/aromatic N) is 1. The van der Waals surface area contributed by atoms with E-state index in [2.05, 4.69) is 27.7 Å². The molecule has 1 aliphatic carbocycles. The van der Waals surface area contributed by atoms with Crippen LogP contribution in [-0.2, 0) is 4.79 Å². The van der Waals surface area contributed by atoms with Crippen molar-refractivity contribution in [3.63, 3.8) is 0 Å². The Bertz CT molecular complexity index is 485. The molecule has 6 heteroatoms. The van der Waals surface area contributed by atoms with Gasteiger partial charge in [0.05, 0.1) is 0 Å². The van der Waals surface area contributed by atoms with E-state index < -0.39 is 0 Å². The van der Waals surface area contributed by atoms with Crippen molar-refractivity contribution < 1.29 is 4.79 Å². The van der Waals surface area contributed by atoms with E-state index in [9.17, 15) is 4.79 Å². The molecule has 4 nitrogen and oxygen atoms in total.